The first-order chi connectivity index (χ1) is 6.36. The second kappa shape index (κ2) is 5.99. The third-order valence-electron chi connectivity index (χ3n) is 1.65. The first kappa shape index (κ1) is 10.5. The Bertz CT molecular complexity index is 236. The number of hydrogen-bond donors (Lipinski definition) is 1. The van der Waals surface area contributed by atoms with E-state index in [9.17, 15) is 0 Å². The van der Waals surface area contributed by atoms with E-state index >= 15 is 0 Å². The molecule has 1 aromatic rings. The normalized spacial score (nSPS) is 10.6. The molecular formula is C8H16N4S. The van der Waals surface area contributed by atoms with Gasteiger partial charge in [0.05, 0.1) is 6.54 Å². The van der Waals surface area contributed by atoms with Gasteiger partial charge in [-0.2, -0.15) is 16.9 Å². The van der Waals surface area contributed by atoms with Gasteiger partial charge in [0.15, 0.2) is 5.82 Å². The van der Waals surface area contributed by atoms with E-state index in [1.807, 2.05) is 16.4 Å². The van der Waals surface area contributed by atoms with Gasteiger partial charge >= 0.3 is 0 Å². The van der Waals surface area contributed by atoms with Crippen molar-refractivity contribution in [3.05, 3.63) is 12.2 Å². The fourth-order valence-electron chi connectivity index (χ4n) is 1.01. The van der Waals surface area contributed by atoms with Crippen molar-refractivity contribution in [2.45, 2.75) is 26.4 Å². The Hall–Kier alpha value is -0.550. The number of aromatic nitrogens is 3. The summed E-state index contributed by atoms with van der Waals surface area (Å²) in [6.07, 6.45) is 2.89. The Labute approximate surface area is 82.9 Å². The van der Waals surface area contributed by atoms with Gasteiger partial charge in [0.25, 0.3) is 0 Å². The van der Waals surface area contributed by atoms with E-state index in [0.29, 0.717) is 6.54 Å². The van der Waals surface area contributed by atoms with Crippen LogP contribution in [0, 0.1) is 0 Å². The van der Waals surface area contributed by atoms with Crippen LogP contribution in [0.4, 0.5) is 0 Å². The molecule has 74 valence electrons. The van der Waals surface area contributed by atoms with Crippen LogP contribution < -0.4 is 5.73 Å². The largest absolute Gasteiger partial charge is 0.324 e. The Balaban J connectivity index is 2.20. The Morgan fingerprint density at radius 3 is 3.08 bits per heavy atom. The van der Waals surface area contributed by atoms with Crippen LogP contribution in [0.25, 0.3) is 0 Å². The molecular weight excluding hydrogens is 184 g/mol. The van der Waals surface area contributed by atoms with Crippen LogP contribution in [0.2, 0.25) is 0 Å². The van der Waals surface area contributed by atoms with Crippen molar-refractivity contribution >= 4 is 11.8 Å². The molecule has 5 heteroatoms. The second-order valence-corrected chi connectivity index (χ2v) is 4.07. The van der Waals surface area contributed by atoms with Gasteiger partial charge in [-0.3, -0.25) is 4.68 Å². The summed E-state index contributed by atoms with van der Waals surface area (Å²) >= 11 is 1.95. The molecule has 2 N–H and O–H groups in total. The maximum Gasteiger partial charge on any atom is 0.164 e. The smallest absolute Gasteiger partial charge is 0.164 e. The minimum atomic E-state index is 0.427. The van der Waals surface area contributed by atoms with Gasteiger partial charge in [-0.05, 0) is 17.9 Å². The molecule has 0 fully saturated rings. The maximum absolute atomic E-state index is 5.40. The molecule has 0 saturated heterocycles. The molecule has 0 amide bonds. The van der Waals surface area contributed by atoms with Crippen LogP contribution in [0.3, 0.4) is 0 Å². The Morgan fingerprint density at radius 1 is 1.62 bits per heavy atom. The van der Waals surface area contributed by atoms with Crippen molar-refractivity contribution in [2.75, 3.05) is 11.5 Å². The molecule has 0 radical (unpaired) electrons. The summed E-state index contributed by atoms with van der Waals surface area (Å²) in [6, 6.07) is 0. The van der Waals surface area contributed by atoms with E-state index in [4.69, 9.17) is 5.73 Å². The second-order valence-electron chi connectivity index (χ2n) is 2.68. The number of nitrogens with zero attached hydrogens (tertiary/aromatic N) is 3. The molecule has 4 nitrogen and oxygen atoms in total. The Kier molecular flexibility index (Phi) is 4.85. The number of aryl methyl sites for hydroxylation is 1. The fraction of sp³-hybridized carbons (Fsp3) is 0.750. The van der Waals surface area contributed by atoms with Crippen LogP contribution in [0.15, 0.2) is 6.33 Å². The van der Waals surface area contributed by atoms with Crippen molar-refractivity contribution in [3.63, 3.8) is 0 Å². The molecule has 1 rings (SSSR count). The summed E-state index contributed by atoms with van der Waals surface area (Å²) in [5.74, 6) is 3.10. The molecule has 0 aromatic carbocycles. The van der Waals surface area contributed by atoms with Gasteiger partial charge < -0.3 is 5.73 Å². The SMILES string of the molecule is CCSCCCn1cnc(CN)n1. The Morgan fingerprint density at radius 2 is 2.46 bits per heavy atom. The average molecular weight is 200 g/mol. The first-order valence-corrected chi connectivity index (χ1v) is 5.68. The standard InChI is InChI=1S/C8H16N4S/c1-2-13-5-3-4-12-7-10-8(6-9)11-12/h7H,2-6,9H2,1H3. The highest BCUT2D eigenvalue weighted by molar-refractivity contribution is 7.99. The van der Waals surface area contributed by atoms with Crippen LogP contribution >= 0.6 is 11.8 Å². The maximum atomic E-state index is 5.40. The predicted octanol–water partition coefficient (Wildman–Crippen LogP) is 0.880. The number of rotatable bonds is 6. The topological polar surface area (TPSA) is 56.7 Å². The quantitative estimate of drug-likeness (QED) is 0.693. The monoisotopic (exact) mass is 200 g/mol. The third-order valence-corrected chi connectivity index (χ3v) is 2.63. The van der Waals surface area contributed by atoms with Gasteiger partial charge in [-0.1, -0.05) is 6.92 Å². The van der Waals surface area contributed by atoms with Gasteiger partial charge in [0, 0.05) is 6.54 Å². The summed E-state index contributed by atoms with van der Waals surface area (Å²) in [5, 5.41) is 4.20. The predicted molar refractivity (Wildman–Crippen MR) is 55.5 cm³/mol. The van der Waals surface area contributed by atoms with Crippen LogP contribution in [-0.2, 0) is 13.1 Å². The first-order valence-electron chi connectivity index (χ1n) is 4.53. The van der Waals surface area contributed by atoms with E-state index in [-0.39, 0.29) is 0 Å². The highest BCUT2D eigenvalue weighted by atomic mass is 32.2. The van der Waals surface area contributed by atoms with E-state index in [1.54, 1.807) is 6.33 Å². The number of hydrogen-bond acceptors (Lipinski definition) is 4. The molecule has 1 aromatic heterocycles. The van der Waals surface area contributed by atoms with Crippen molar-refractivity contribution in [3.8, 4) is 0 Å². The average Bonchev–Trinajstić information content (AvgIpc) is 2.60. The van der Waals surface area contributed by atoms with E-state index in [0.717, 1.165) is 18.8 Å². The molecule has 0 aliphatic carbocycles. The molecule has 0 saturated carbocycles. The zero-order chi connectivity index (χ0) is 9.52. The van der Waals surface area contributed by atoms with Gasteiger partial charge in [-0.15, -0.1) is 0 Å². The molecule has 13 heavy (non-hydrogen) atoms. The molecule has 0 aliphatic rings. The summed E-state index contributed by atoms with van der Waals surface area (Å²) in [4.78, 5) is 4.05. The van der Waals surface area contributed by atoms with E-state index in [1.165, 1.54) is 11.5 Å². The summed E-state index contributed by atoms with van der Waals surface area (Å²) in [7, 11) is 0. The lowest BCUT2D eigenvalue weighted by molar-refractivity contribution is 0.597. The molecule has 0 aliphatic heterocycles. The van der Waals surface area contributed by atoms with E-state index < -0.39 is 0 Å². The molecule has 0 atom stereocenters. The van der Waals surface area contributed by atoms with Gasteiger partial charge in [0.1, 0.15) is 6.33 Å². The summed E-state index contributed by atoms with van der Waals surface area (Å²) in [5.41, 5.74) is 5.40. The summed E-state index contributed by atoms with van der Waals surface area (Å²) in [6.45, 7) is 3.55. The van der Waals surface area contributed by atoms with Gasteiger partial charge in [-0.25, -0.2) is 4.98 Å². The highest BCUT2D eigenvalue weighted by Crippen LogP contribution is 2.02. The van der Waals surface area contributed by atoms with Crippen molar-refractivity contribution in [1.82, 2.24) is 14.8 Å². The molecule has 0 unspecified atom stereocenters. The van der Waals surface area contributed by atoms with Crippen molar-refractivity contribution in [1.29, 1.82) is 0 Å². The summed E-state index contributed by atoms with van der Waals surface area (Å²) < 4.78 is 1.86. The third kappa shape index (κ3) is 3.78. The number of nitrogens with two attached hydrogens (primary N) is 1. The van der Waals surface area contributed by atoms with Crippen LogP contribution in [0.1, 0.15) is 19.2 Å². The van der Waals surface area contributed by atoms with Crippen molar-refractivity contribution in [2.24, 2.45) is 5.73 Å². The molecule has 0 spiro atoms. The molecule has 1 heterocycles. The lowest BCUT2D eigenvalue weighted by atomic mass is 10.5. The van der Waals surface area contributed by atoms with Crippen LogP contribution in [-0.4, -0.2) is 26.3 Å². The lowest BCUT2D eigenvalue weighted by Crippen LogP contribution is -2.03. The van der Waals surface area contributed by atoms with Crippen molar-refractivity contribution < 1.29 is 0 Å². The minimum absolute atomic E-state index is 0.427. The lowest BCUT2D eigenvalue weighted by Gasteiger charge is -1.98. The highest BCUT2D eigenvalue weighted by Gasteiger charge is 1.97. The van der Waals surface area contributed by atoms with Gasteiger partial charge in [0.2, 0.25) is 0 Å². The van der Waals surface area contributed by atoms with Crippen LogP contribution in [0.5, 0.6) is 0 Å². The van der Waals surface area contributed by atoms with E-state index in [2.05, 4.69) is 17.0 Å². The zero-order valence-corrected chi connectivity index (χ0v) is 8.76. The fourth-order valence-corrected chi connectivity index (χ4v) is 1.63. The molecule has 0 bridgehead atoms. The minimum Gasteiger partial charge on any atom is -0.324 e. The zero-order valence-electron chi connectivity index (χ0n) is 7.94. The number of thioether (sulfide) groups is 1.